The van der Waals surface area contributed by atoms with Crippen LogP contribution in [-0.4, -0.2) is 49.6 Å². The van der Waals surface area contributed by atoms with Crippen molar-refractivity contribution in [2.45, 2.75) is 52.4 Å². The van der Waals surface area contributed by atoms with Gasteiger partial charge < -0.3 is 9.80 Å². The Labute approximate surface area is 108 Å². The van der Waals surface area contributed by atoms with Crippen LogP contribution in [0.15, 0.2) is 0 Å². The van der Waals surface area contributed by atoms with Gasteiger partial charge in [-0.15, -0.1) is 0 Å². The molecule has 0 saturated carbocycles. The molecule has 0 amide bonds. The summed E-state index contributed by atoms with van der Waals surface area (Å²) in [5.74, 6) is 0.993. The highest BCUT2D eigenvalue weighted by atomic mass is 15.1. The van der Waals surface area contributed by atoms with E-state index in [0.717, 1.165) is 5.92 Å². The molecule has 0 aromatic carbocycles. The lowest BCUT2D eigenvalue weighted by Gasteiger charge is -2.32. The Morgan fingerprint density at radius 1 is 1.06 bits per heavy atom. The fourth-order valence-electron chi connectivity index (χ4n) is 2.76. The summed E-state index contributed by atoms with van der Waals surface area (Å²) in [7, 11) is 2.28. The van der Waals surface area contributed by atoms with E-state index in [2.05, 4.69) is 30.7 Å². The normalized spacial score (nSPS) is 19.1. The molecule has 0 bridgehead atoms. The van der Waals surface area contributed by atoms with Gasteiger partial charge in [0.05, 0.1) is 0 Å². The summed E-state index contributed by atoms with van der Waals surface area (Å²) in [4.78, 5) is 5.15. The maximum absolute atomic E-state index is 2.64. The van der Waals surface area contributed by atoms with Gasteiger partial charge in [0.25, 0.3) is 0 Å². The fraction of sp³-hybridized carbons (Fsp3) is 1.00. The zero-order valence-electron chi connectivity index (χ0n) is 12.2. The molecule has 102 valence electrons. The minimum Gasteiger partial charge on any atom is -0.306 e. The zero-order valence-corrected chi connectivity index (χ0v) is 12.2. The summed E-state index contributed by atoms with van der Waals surface area (Å²) in [6.07, 6.45) is 8.26. The number of hydrogen-bond donors (Lipinski definition) is 0. The van der Waals surface area contributed by atoms with Gasteiger partial charge >= 0.3 is 0 Å². The molecule has 1 heterocycles. The molecule has 0 aromatic rings. The smallest absolute Gasteiger partial charge is 0.00161 e. The molecular weight excluding hydrogens is 208 g/mol. The first-order valence-electron chi connectivity index (χ1n) is 7.67. The lowest BCUT2D eigenvalue weighted by molar-refractivity contribution is 0.169. The van der Waals surface area contributed by atoms with Crippen LogP contribution in [0.5, 0.6) is 0 Å². The molecule has 1 fully saturated rings. The predicted octanol–water partition coefficient (Wildman–Crippen LogP) is 3.23. The molecule has 1 aliphatic heterocycles. The first kappa shape index (κ1) is 15.0. The molecule has 1 rings (SSSR count). The van der Waals surface area contributed by atoms with Crippen LogP contribution in [0, 0.1) is 5.92 Å². The Balaban J connectivity index is 2.05. The first-order chi connectivity index (χ1) is 8.26. The lowest BCUT2D eigenvalue weighted by Crippen LogP contribution is -2.35. The first-order valence-corrected chi connectivity index (χ1v) is 7.67. The summed E-state index contributed by atoms with van der Waals surface area (Å²) in [5, 5.41) is 0. The molecule has 1 saturated heterocycles. The van der Waals surface area contributed by atoms with E-state index in [1.807, 2.05) is 0 Å². The highest BCUT2D eigenvalue weighted by Gasteiger charge is 2.18. The predicted molar refractivity (Wildman–Crippen MR) is 76.5 cm³/mol. The molecule has 2 nitrogen and oxygen atoms in total. The summed E-state index contributed by atoms with van der Waals surface area (Å²) < 4.78 is 0. The minimum absolute atomic E-state index is 0.993. The molecule has 0 aliphatic carbocycles. The number of piperidine rings is 1. The van der Waals surface area contributed by atoms with Gasteiger partial charge in [0, 0.05) is 0 Å². The lowest BCUT2D eigenvalue weighted by atomic mass is 9.93. The summed E-state index contributed by atoms with van der Waals surface area (Å²) >= 11 is 0. The second-order valence-electron chi connectivity index (χ2n) is 5.73. The summed E-state index contributed by atoms with van der Waals surface area (Å²) in [6, 6.07) is 0. The third-order valence-corrected chi connectivity index (χ3v) is 4.06. The van der Waals surface area contributed by atoms with Gasteiger partial charge in [-0.05, 0) is 77.8 Å². The van der Waals surface area contributed by atoms with E-state index in [0.29, 0.717) is 0 Å². The maximum Gasteiger partial charge on any atom is -0.00161 e. The van der Waals surface area contributed by atoms with E-state index < -0.39 is 0 Å². The van der Waals surface area contributed by atoms with Gasteiger partial charge in [-0.1, -0.05) is 20.3 Å². The Bertz CT molecular complexity index is 174. The molecule has 0 radical (unpaired) electrons. The third kappa shape index (κ3) is 6.42. The van der Waals surface area contributed by atoms with Crippen LogP contribution in [0.3, 0.4) is 0 Å². The van der Waals surface area contributed by atoms with Crippen molar-refractivity contribution in [3.05, 3.63) is 0 Å². The molecule has 0 atom stereocenters. The zero-order chi connectivity index (χ0) is 12.5. The van der Waals surface area contributed by atoms with Crippen LogP contribution in [-0.2, 0) is 0 Å². The van der Waals surface area contributed by atoms with Gasteiger partial charge in [-0.25, -0.2) is 0 Å². The van der Waals surface area contributed by atoms with E-state index in [-0.39, 0.29) is 0 Å². The van der Waals surface area contributed by atoms with Crippen molar-refractivity contribution in [1.29, 1.82) is 0 Å². The molecular formula is C15H32N2. The monoisotopic (exact) mass is 240 g/mol. The van der Waals surface area contributed by atoms with Crippen molar-refractivity contribution in [2.75, 3.05) is 39.8 Å². The van der Waals surface area contributed by atoms with E-state index >= 15 is 0 Å². The number of likely N-dealkylation sites (tertiary alicyclic amines) is 1. The van der Waals surface area contributed by atoms with Gasteiger partial charge in [-0.2, -0.15) is 0 Å². The van der Waals surface area contributed by atoms with Crippen LogP contribution >= 0.6 is 0 Å². The summed E-state index contributed by atoms with van der Waals surface area (Å²) in [6.45, 7) is 11.1. The van der Waals surface area contributed by atoms with Crippen LogP contribution in [0.4, 0.5) is 0 Å². The van der Waals surface area contributed by atoms with Gasteiger partial charge in [0.15, 0.2) is 0 Å². The molecule has 0 aromatic heterocycles. The number of rotatable bonds is 8. The molecule has 17 heavy (non-hydrogen) atoms. The highest BCUT2D eigenvalue weighted by Crippen LogP contribution is 2.20. The Morgan fingerprint density at radius 2 is 1.76 bits per heavy atom. The third-order valence-electron chi connectivity index (χ3n) is 4.06. The second kappa shape index (κ2) is 8.93. The Kier molecular flexibility index (Phi) is 7.87. The molecule has 0 N–H and O–H groups in total. The van der Waals surface area contributed by atoms with Gasteiger partial charge in [0.2, 0.25) is 0 Å². The average Bonchev–Trinajstić information content (AvgIpc) is 2.36. The van der Waals surface area contributed by atoms with Crippen LogP contribution in [0.25, 0.3) is 0 Å². The Morgan fingerprint density at radius 3 is 2.35 bits per heavy atom. The van der Waals surface area contributed by atoms with E-state index in [1.165, 1.54) is 71.2 Å². The highest BCUT2D eigenvalue weighted by molar-refractivity contribution is 4.72. The van der Waals surface area contributed by atoms with Crippen molar-refractivity contribution >= 4 is 0 Å². The number of unbranched alkanes of at least 4 members (excludes halogenated alkanes) is 1. The fourth-order valence-corrected chi connectivity index (χ4v) is 2.76. The van der Waals surface area contributed by atoms with Crippen molar-refractivity contribution in [3.63, 3.8) is 0 Å². The average molecular weight is 240 g/mol. The minimum atomic E-state index is 0.993. The van der Waals surface area contributed by atoms with Crippen molar-refractivity contribution in [3.8, 4) is 0 Å². The molecule has 2 heteroatoms. The topological polar surface area (TPSA) is 6.48 Å². The van der Waals surface area contributed by atoms with E-state index in [1.54, 1.807) is 0 Å². The SMILES string of the molecule is CCCCN(C)CCC1CCN(CCC)CC1. The van der Waals surface area contributed by atoms with E-state index in [9.17, 15) is 0 Å². The quantitative estimate of drug-likeness (QED) is 0.643. The standard InChI is InChI=1S/C15H32N2/c1-4-6-11-16(3)12-7-15-8-13-17(10-5-2)14-9-15/h15H,4-14H2,1-3H3. The largest absolute Gasteiger partial charge is 0.306 e. The van der Waals surface area contributed by atoms with Gasteiger partial charge in [0.1, 0.15) is 0 Å². The number of hydrogen-bond acceptors (Lipinski definition) is 2. The van der Waals surface area contributed by atoms with Crippen molar-refractivity contribution < 1.29 is 0 Å². The Hall–Kier alpha value is -0.0800. The second-order valence-corrected chi connectivity index (χ2v) is 5.73. The molecule has 0 spiro atoms. The molecule has 0 unspecified atom stereocenters. The number of nitrogens with zero attached hydrogens (tertiary/aromatic N) is 2. The van der Waals surface area contributed by atoms with Crippen molar-refractivity contribution in [2.24, 2.45) is 5.92 Å². The van der Waals surface area contributed by atoms with Gasteiger partial charge in [-0.3, -0.25) is 0 Å². The van der Waals surface area contributed by atoms with Crippen LogP contribution in [0.2, 0.25) is 0 Å². The molecule has 1 aliphatic rings. The summed E-state index contributed by atoms with van der Waals surface area (Å²) in [5.41, 5.74) is 0. The van der Waals surface area contributed by atoms with E-state index in [4.69, 9.17) is 0 Å². The van der Waals surface area contributed by atoms with Crippen molar-refractivity contribution in [1.82, 2.24) is 9.80 Å². The van der Waals surface area contributed by atoms with Crippen LogP contribution in [0.1, 0.15) is 52.4 Å². The maximum atomic E-state index is 2.64. The van der Waals surface area contributed by atoms with Crippen LogP contribution < -0.4 is 0 Å².